The average Bonchev–Trinajstić information content (AvgIpc) is 3.11. The van der Waals surface area contributed by atoms with Gasteiger partial charge >= 0.3 is 0 Å². The van der Waals surface area contributed by atoms with Crippen molar-refractivity contribution < 1.29 is 4.92 Å². The molecule has 7 heteroatoms. The molecule has 0 bridgehead atoms. The summed E-state index contributed by atoms with van der Waals surface area (Å²) in [5.74, 6) is 1.24. The number of rotatable bonds is 6. The molecule has 4 rings (SSSR count). The number of hydrogen-bond acceptors (Lipinski definition) is 5. The number of benzene rings is 3. The van der Waals surface area contributed by atoms with E-state index in [4.69, 9.17) is 0 Å². The number of hydrogen-bond donors (Lipinski definition) is 1. The number of nitrogens with zero attached hydrogens (tertiary/aromatic N) is 4. The maximum atomic E-state index is 10.9. The first-order chi connectivity index (χ1) is 13.7. The van der Waals surface area contributed by atoms with Crippen LogP contribution in [0.3, 0.4) is 0 Å². The van der Waals surface area contributed by atoms with Gasteiger partial charge in [-0.1, -0.05) is 48.5 Å². The fourth-order valence-corrected chi connectivity index (χ4v) is 2.91. The van der Waals surface area contributed by atoms with E-state index in [1.54, 1.807) is 12.1 Å². The summed E-state index contributed by atoms with van der Waals surface area (Å²) in [6.45, 7) is 0.565. The number of non-ortho nitro benzene ring substituents is 1. The van der Waals surface area contributed by atoms with Crippen LogP contribution in [0, 0.1) is 10.1 Å². The van der Waals surface area contributed by atoms with Crippen molar-refractivity contribution in [1.29, 1.82) is 0 Å². The minimum atomic E-state index is -0.416. The Balaban J connectivity index is 1.74. The third-order valence-electron chi connectivity index (χ3n) is 4.30. The van der Waals surface area contributed by atoms with Crippen molar-refractivity contribution in [3.8, 4) is 11.4 Å². The molecule has 138 valence electrons. The zero-order valence-electron chi connectivity index (χ0n) is 14.9. The minimum Gasteiger partial charge on any atom is -0.324 e. The van der Waals surface area contributed by atoms with Gasteiger partial charge in [-0.15, -0.1) is 10.2 Å². The van der Waals surface area contributed by atoms with Crippen LogP contribution in [0.1, 0.15) is 5.56 Å². The van der Waals surface area contributed by atoms with Crippen LogP contribution in [0.4, 0.5) is 17.3 Å². The van der Waals surface area contributed by atoms with E-state index in [1.165, 1.54) is 12.1 Å². The lowest BCUT2D eigenvalue weighted by atomic mass is 10.2. The summed E-state index contributed by atoms with van der Waals surface area (Å²) in [6.07, 6.45) is 0. The van der Waals surface area contributed by atoms with Crippen molar-refractivity contribution in [3.05, 3.63) is 101 Å². The second-order valence-electron chi connectivity index (χ2n) is 6.21. The molecular formula is C21H17N5O2. The van der Waals surface area contributed by atoms with Gasteiger partial charge in [0.2, 0.25) is 5.95 Å². The molecule has 0 aliphatic heterocycles. The molecule has 0 amide bonds. The Labute approximate surface area is 161 Å². The second kappa shape index (κ2) is 7.71. The summed E-state index contributed by atoms with van der Waals surface area (Å²) in [6, 6.07) is 26.1. The topological polar surface area (TPSA) is 85.9 Å². The molecule has 0 unspecified atom stereocenters. The summed E-state index contributed by atoms with van der Waals surface area (Å²) in [7, 11) is 0. The highest BCUT2D eigenvalue weighted by Crippen LogP contribution is 2.26. The standard InChI is InChI=1S/C21H17N5O2/c27-26(28)19-13-11-17(12-14-19)20-23-24-21(22-18-9-5-2-6-10-18)25(20)15-16-7-3-1-4-8-16/h1-14H,15H2,(H,22,24). The highest BCUT2D eigenvalue weighted by Gasteiger charge is 2.16. The average molecular weight is 371 g/mol. The van der Waals surface area contributed by atoms with Gasteiger partial charge in [0.1, 0.15) is 0 Å². The first-order valence-corrected chi connectivity index (χ1v) is 8.75. The number of anilines is 2. The van der Waals surface area contributed by atoms with Crippen LogP contribution in [0.5, 0.6) is 0 Å². The lowest BCUT2D eigenvalue weighted by molar-refractivity contribution is -0.384. The molecule has 0 atom stereocenters. The summed E-state index contributed by atoms with van der Waals surface area (Å²) in [5.41, 5.74) is 2.80. The molecule has 1 heterocycles. The predicted molar refractivity (Wildman–Crippen MR) is 107 cm³/mol. The van der Waals surface area contributed by atoms with Gasteiger partial charge in [-0.25, -0.2) is 0 Å². The van der Waals surface area contributed by atoms with Crippen LogP contribution in [0.2, 0.25) is 0 Å². The predicted octanol–water partition coefficient (Wildman–Crippen LogP) is 4.65. The van der Waals surface area contributed by atoms with Gasteiger partial charge in [0.05, 0.1) is 11.5 Å². The van der Waals surface area contributed by atoms with Gasteiger partial charge in [0, 0.05) is 23.4 Å². The molecule has 0 aliphatic rings. The van der Waals surface area contributed by atoms with Gasteiger partial charge in [-0.3, -0.25) is 14.7 Å². The van der Waals surface area contributed by atoms with E-state index < -0.39 is 4.92 Å². The summed E-state index contributed by atoms with van der Waals surface area (Å²) >= 11 is 0. The van der Waals surface area contributed by atoms with Crippen molar-refractivity contribution in [2.24, 2.45) is 0 Å². The Morgan fingerprint density at radius 1 is 0.857 bits per heavy atom. The third-order valence-corrected chi connectivity index (χ3v) is 4.30. The van der Waals surface area contributed by atoms with Crippen LogP contribution < -0.4 is 5.32 Å². The number of nitro benzene ring substituents is 1. The largest absolute Gasteiger partial charge is 0.324 e. The van der Waals surface area contributed by atoms with Gasteiger partial charge in [0.15, 0.2) is 5.82 Å². The Kier molecular flexibility index (Phi) is 4.79. The molecule has 0 saturated heterocycles. The van der Waals surface area contributed by atoms with E-state index in [0.29, 0.717) is 18.3 Å². The molecular weight excluding hydrogens is 354 g/mol. The van der Waals surface area contributed by atoms with E-state index in [2.05, 4.69) is 15.5 Å². The highest BCUT2D eigenvalue weighted by atomic mass is 16.6. The normalized spacial score (nSPS) is 10.6. The molecule has 28 heavy (non-hydrogen) atoms. The van der Waals surface area contributed by atoms with Crippen molar-refractivity contribution in [2.45, 2.75) is 6.54 Å². The van der Waals surface area contributed by atoms with Crippen molar-refractivity contribution in [3.63, 3.8) is 0 Å². The summed E-state index contributed by atoms with van der Waals surface area (Å²) in [4.78, 5) is 10.5. The van der Waals surface area contributed by atoms with E-state index in [9.17, 15) is 10.1 Å². The molecule has 4 aromatic rings. The Bertz CT molecular complexity index is 1080. The molecule has 1 aromatic heterocycles. The quantitative estimate of drug-likeness (QED) is 0.394. The van der Waals surface area contributed by atoms with E-state index in [1.807, 2.05) is 65.2 Å². The smallest absolute Gasteiger partial charge is 0.269 e. The lowest BCUT2D eigenvalue weighted by Gasteiger charge is -2.12. The summed E-state index contributed by atoms with van der Waals surface area (Å²) in [5, 5.41) is 22.9. The Morgan fingerprint density at radius 2 is 1.50 bits per heavy atom. The molecule has 7 nitrogen and oxygen atoms in total. The number of para-hydroxylation sites is 1. The van der Waals surface area contributed by atoms with Gasteiger partial charge in [-0.2, -0.15) is 0 Å². The summed E-state index contributed by atoms with van der Waals surface area (Å²) < 4.78 is 1.96. The van der Waals surface area contributed by atoms with Crippen LogP contribution in [-0.2, 0) is 6.54 Å². The zero-order valence-corrected chi connectivity index (χ0v) is 14.9. The van der Waals surface area contributed by atoms with Crippen molar-refractivity contribution in [1.82, 2.24) is 14.8 Å². The third kappa shape index (κ3) is 3.73. The molecule has 0 saturated carbocycles. The number of nitro groups is 1. The fourth-order valence-electron chi connectivity index (χ4n) is 2.91. The molecule has 3 aromatic carbocycles. The zero-order chi connectivity index (χ0) is 19.3. The van der Waals surface area contributed by atoms with Gasteiger partial charge in [-0.05, 0) is 29.8 Å². The maximum absolute atomic E-state index is 10.9. The number of aromatic nitrogens is 3. The van der Waals surface area contributed by atoms with Gasteiger partial charge in [0.25, 0.3) is 5.69 Å². The first-order valence-electron chi connectivity index (χ1n) is 8.75. The maximum Gasteiger partial charge on any atom is 0.269 e. The lowest BCUT2D eigenvalue weighted by Crippen LogP contribution is -2.07. The van der Waals surface area contributed by atoms with Crippen LogP contribution in [-0.4, -0.2) is 19.7 Å². The molecule has 0 spiro atoms. The molecule has 1 N–H and O–H groups in total. The van der Waals surface area contributed by atoms with E-state index in [0.717, 1.165) is 16.8 Å². The van der Waals surface area contributed by atoms with Crippen molar-refractivity contribution in [2.75, 3.05) is 5.32 Å². The van der Waals surface area contributed by atoms with Crippen LogP contribution in [0.25, 0.3) is 11.4 Å². The SMILES string of the molecule is O=[N+]([O-])c1ccc(-c2nnc(Nc3ccccc3)n2Cc2ccccc2)cc1. The first kappa shape index (κ1) is 17.4. The van der Waals surface area contributed by atoms with E-state index >= 15 is 0 Å². The van der Waals surface area contributed by atoms with Crippen LogP contribution in [0.15, 0.2) is 84.9 Å². The highest BCUT2D eigenvalue weighted by molar-refractivity contribution is 5.62. The van der Waals surface area contributed by atoms with Crippen molar-refractivity contribution >= 4 is 17.3 Å². The van der Waals surface area contributed by atoms with Crippen LogP contribution >= 0.6 is 0 Å². The molecule has 0 aliphatic carbocycles. The molecule has 0 fully saturated rings. The van der Waals surface area contributed by atoms with Gasteiger partial charge < -0.3 is 5.32 Å². The number of nitrogens with one attached hydrogen (secondary N) is 1. The second-order valence-corrected chi connectivity index (χ2v) is 6.21. The monoisotopic (exact) mass is 371 g/mol. The fraction of sp³-hybridized carbons (Fsp3) is 0.0476. The van der Waals surface area contributed by atoms with E-state index in [-0.39, 0.29) is 5.69 Å². The molecule has 0 radical (unpaired) electrons. The Morgan fingerprint density at radius 3 is 2.14 bits per heavy atom. The Hall–Kier alpha value is -4.00. The minimum absolute atomic E-state index is 0.0421.